The van der Waals surface area contributed by atoms with Crippen LogP contribution in [0.25, 0.3) is 5.65 Å². The number of rotatable bonds is 1. The summed E-state index contributed by atoms with van der Waals surface area (Å²) in [5.41, 5.74) is 3.27. The van der Waals surface area contributed by atoms with E-state index in [1.54, 1.807) is 7.05 Å². The molecule has 0 radical (unpaired) electrons. The van der Waals surface area contributed by atoms with Crippen LogP contribution in [0.4, 0.5) is 0 Å². The van der Waals surface area contributed by atoms with Crippen molar-refractivity contribution in [3.63, 3.8) is 0 Å². The molecule has 2 heterocycles. The minimum atomic E-state index is -0.103. The first kappa shape index (κ1) is 9.71. The van der Waals surface area contributed by atoms with Gasteiger partial charge in [-0.05, 0) is 25.5 Å². The highest BCUT2D eigenvalue weighted by Crippen LogP contribution is 2.13. The van der Waals surface area contributed by atoms with Crippen LogP contribution in [0.1, 0.15) is 21.6 Å². The van der Waals surface area contributed by atoms with Crippen LogP contribution < -0.4 is 5.32 Å². The second-order valence-corrected chi connectivity index (χ2v) is 3.62. The summed E-state index contributed by atoms with van der Waals surface area (Å²) in [7, 11) is 1.62. The number of aromatic nitrogens is 2. The Morgan fingerprint density at radius 3 is 2.80 bits per heavy atom. The van der Waals surface area contributed by atoms with Crippen molar-refractivity contribution < 1.29 is 4.79 Å². The van der Waals surface area contributed by atoms with E-state index in [-0.39, 0.29) is 5.91 Å². The molecule has 0 bridgehead atoms. The number of hydrogen-bond acceptors (Lipinski definition) is 2. The van der Waals surface area contributed by atoms with Gasteiger partial charge in [-0.1, -0.05) is 0 Å². The van der Waals surface area contributed by atoms with Gasteiger partial charge in [0.2, 0.25) is 0 Å². The quantitative estimate of drug-likeness (QED) is 0.759. The van der Waals surface area contributed by atoms with Gasteiger partial charge in [0.25, 0.3) is 5.91 Å². The lowest BCUT2D eigenvalue weighted by molar-refractivity contribution is 0.0964. The van der Waals surface area contributed by atoms with E-state index < -0.39 is 0 Å². The second-order valence-electron chi connectivity index (χ2n) is 3.62. The molecule has 4 nitrogen and oxygen atoms in total. The Bertz CT molecular complexity index is 528. The smallest absolute Gasteiger partial charge is 0.254 e. The van der Waals surface area contributed by atoms with Crippen molar-refractivity contribution in [3.05, 3.63) is 35.3 Å². The third kappa shape index (κ3) is 1.58. The molecule has 2 rings (SSSR count). The van der Waals surface area contributed by atoms with Gasteiger partial charge in [0, 0.05) is 19.4 Å². The Balaban J connectivity index is 2.75. The average Bonchev–Trinajstić information content (AvgIpc) is 2.55. The molecule has 0 atom stereocenters. The van der Waals surface area contributed by atoms with E-state index in [2.05, 4.69) is 10.3 Å². The number of carbonyl (C=O) groups is 1. The van der Waals surface area contributed by atoms with Crippen molar-refractivity contribution >= 4 is 11.6 Å². The number of amides is 1. The topological polar surface area (TPSA) is 46.4 Å². The van der Waals surface area contributed by atoms with Gasteiger partial charge in [0.05, 0.1) is 11.3 Å². The Hall–Kier alpha value is -1.84. The standard InChI is InChI=1S/C11H13N3O/c1-7-4-9(11(15)12-3)10-13-8(2)6-14(10)5-7/h4-6H,1-3H3,(H,12,15). The van der Waals surface area contributed by atoms with E-state index in [4.69, 9.17) is 0 Å². The molecule has 0 unspecified atom stereocenters. The third-order valence-corrected chi connectivity index (χ3v) is 2.28. The largest absolute Gasteiger partial charge is 0.355 e. The Morgan fingerprint density at radius 2 is 2.13 bits per heavy atom. The van der Waals surface area contributed by atoms with Gasteiger partial charge in [-0.2, -0.15) is 0 Å². The van der Waals surface area contributed by atoms with Gasteiger partial charge in [-0.25, -0.2) is 4.98 Å². The van der Waals surface area contributed by atoms with E-state index in [0.29, 0.717) is 11.2 Å². The molecular weight excluding hydrogens is 190 g/mol. The normalized spacial score (nSPS) is 10.6. The van der Waals surface area contributed by atoms with Crippen LogP contribution in [0, 0.1) is 13.8 Å². The molecule has 0 fully saturated rings. The first-order valence-corrected chi connectivity index (χ1v) is 4.80. The van der Waals surface area contributed by atoms with E-state index in [0.717, 1.165) is 11.3 Å². The molecule has 0 aliphatic carbocycles. The average molecular weight is 203 g/mol. The summed E-state index contributed by atoms with van der Waals surface area (Å²) in [6.45, 7) is 3.87. The van der Waals surface area contributed by atoms with Gasteiger partial charge in [0.1, 0.15) is 5.65 Å². The highest BCUT2D eigenvalue weighted by Gasteiger charge is 2.11. The van der Waals surface area contributed by atoms with Gasteiger partial charge in [-0.3, -0.25) is 4.79 Å². The molecule has 0 saturated carbocycles. The van der Waals surface area contributed by atoms with Crippen LogP contribution in [0.2, 0.25) is 0 Å². The number of hydrogen-bond donors (Lipinski definition) is 1. The lowest BCUT2D eigenvalue weighted by Crippen LogP contribution is -2.19. The SMILES string of the molecule is CNC(=O)c1cc(C)cn2cc(C)nc12. The molecule has 0 saturated heterocycles. The van der Waals surface area contributed by atoms with Crippen LogP contribution >= 0.6 is 0 Å². The van der Waals surface area contributed by atoms with Crippen molar-refractivity contribution in [2.24, 2.45) is 0 Å². The molecule has 0 aliphatic heterocycles. The van der Waals surface area contributed by atoms with Gasteiger partial charge in [-0.15, -0.1) is 0 Å². The molecule has 0 spiro atoms. The fourth-order valence-corrected chi connectivity index (χ4v) is 1.66. The minimum Gasteiger partial charge on any atom is -0.355 e. The van der Waals surface area contributed by atoms with Gasteiger partial charge in [0.15, 0.2) is 0 Å². The summed E-state index contributed by atoms with van der Waals surface area (Å²) in [5, 5.41) is 2.62. The highest BCUT2D eigenvalue weighted by atomic mass is 16.1. The van der Waals surface area contributed by atoms with Crippen LogP contribution in [0.5, 0.6) is 0 Å². The van der Waals surface area contributed by atoms with E-state index >= 15 is 0 Å². The first-order valence-electron chi connectivity index (χ1n) is 4.80. The molecular formula is C11H13N3O. The summed E-state index contributed by atoms with van der Waals surface area (Å²) >= 11 is 0. The number of imidazole rings is 1. The van der Waals surface area contributed by atoms with Crippen molar-refractivity contribution in [1.82, 2.24) is 14.7 Å². The summed E-state index contributed by atoms with van der Waals surface area (Å²) in [6.07, 6.45) is 3.87. The first-order chi connectivity index (χ1) is 7.11. The van der Waals surface area contributed by atoms with E-state index in [1.807, 2.05) is 36.7 Å². The van der Waals surface area contributed by atoms with Gasteiger partial charge >= 0.3 is 0 Å². The maximum absolute atomic E-state index is 11.6. The lowest BCUT2D eigenvalue weighted by atomic mass is 10.2. The van der Waals surface area contributed by atoms with Gasteiger partial charge < -0.3 is 9.72 Å². The summed E-state index contributed by atoms with van der Waals surface area (Å²) in [4.78, 5) is 15.9. The Kier molecular flexibility index (Phi) is 2.19. The van der Waals surface area contributed by atoms with Crippen LogP contribution in [0.3, 0.4) is 0 Å². The van der Waals surface area contributed by atoms with Crippen LogP contribution in [0.15, 0.2) is 18.5 Å². The molecule has 15 heavy (non-hydrogen) atoms. The molecule has 1 amide bonds. The monoisotopic (exact) mass is 203 g/mol. The zero-order chi connectivity index (χ0) is 11.0. The van der Waals surface area contributed by atoms with E-state index in [1.165, 1.54) is 0 Å². The molecule has 4 heteroatoms. The number of nitrogens with one attached hydrogen (secondary N) is 1. The molecule has 0 aromatic carbocycles. The number of fused-ring (bicyclic) bond motifs is 1. The number of pyridine rings is 1. The Morgan fingerprint density at radius 1 is 1.40 bits per heavy atom. The fraction of sp³-hybridized carbons (Fsp3) is 0.273. The number of carbonyl (C=O) groups excluding carboxylic acids is 1. The number of aryl methyl sites for hydroxylation is 2. The zero-order valence-corrected chi connectivity index (χ0v) is 9.03. The fourth-order valence-electron chi connectivity index (χ4n) is 1.66. The predicted octanol–water partition coefficient (Wildman–Crippen LogP) is 1.31. The van der Waals surface area contributed by atoms with Crippen molar-refractivity contribution in [3.8, 4) is 0 Å². The maximum Gasteiger partial charge on any atom is 0.254 e. The molecule has 1 N–H and O–H groups in total. The van der Waals surface area contributed by atoms with Crippen LogP contribution in [-0.4, -0.2) is 22.3 Å². The third-order valence-electron chi connectivity index (χ3n) is 2.28. The van der Waals surface area contributed by atoms with Crippen molar-refractivity contribution in [2.45, 2.75) is 13.8 Å². The predicted molar refractivity (Wildman–Crippen MR) is 58.1 cm³/mol. The Labute approximate surface area is 87.9 Å². The summed E-state index contributed by atoms with van der Waals surface area (Å²) in [5.74, 6) is -0.103. The summed E-state index contributed by atoms with van der Waals surface area (Å²) < 4.78 is 1.88. The second kappa shape index (κ2) is 3.38. The van der Waals surface area contributed by atoms with Crippen LogP contribution in [-0.2, 0) is 0 Å². The lowest BCUT2D eigenvalue weighted by Gasteiger charge is -2.03. The maximum atomic E-state index is 11.6. The minimum absolute atomic E-state index is 0.103. The molecule has 2 aromatic rings. The highest BCUT2D eigenvalue weighted by molar-refractivity contribution is 5.99. The molecule has 78 valence electrons. The number of nitrogens with zero attached hydrogens (tertiary/aromatic N) is 2. The molecule has 2 aromatic heterocycles. The molecule has 0 aliphatic rings. The zero-order valence-electron chi connectivity index (χ0n) is 9.03. The van der Waals surface area contributed by atoms with Crippen molar-refractivity contribution in [1.29, 1.82) is 0 Å². The summed E-state index contributed by atoms with van der Waals surface area (Å²) in [6, 6.07) is 1.85. The van der Waals surface area contributed by atoms with E-state index in [9.17, 15) is 4.79 Å². The van der Waals surface area contributed by atoms with Crippen molar-refractivity contribution in [2.75, 3.05) is 7.05 Å².